The largest absolute Gasteiger partial charge is 0.766 e. The number of hydrogen-bond acceptors (Lipinski definition) is 4. The summed E-state index contributed by atoms with van der Waals surface area (Å²) in [7, 11) is -4.23. The molecule has 7 heteroatoms. The monoisotopic (exact) mass is 376 g/mol. The lowest BCUT2D eigenvalue weighted by atomic mass is 9.96. The highest BCUT2D eigenvalue weighted by atomic mass is 35.5. The van der Waals surface area contributed by atoms with E-state index in [-0.39, 0.29) is 22.7 Å². The zero-order valence-electron chi connectivity index (χ0n) is 13.7. The molecular weight excluding hydrogens is 361 g/mol. The number of nitrogens with one attached hydrogen (secondary N) is 1. The quantitative estimate of drug-likeness (QED) is 0.826. The Hall–Kier alpha value is -2.07. The Kier molecular flexibility index (Phi) is 4.74. The molecule has 0 saturated carbocycles. The van der Waals surface area contributed by atoms with Crippen LogP contribution >= 0.6 is 19.2 Å². The topological polar surface area (TPSA) is 78.5 Å². The highest BCUT2D eigenvalue weighted by molar-refractivity contribution is 7.55. The van der Waals surface area contributed by atoms with Crippen molar-refractivity contribution in [2.24, 2.45) is 0 Å². The van der Waals surface area contributed by atoms with E-state index >= 15 is 0 Å². The lowest BCUT2D eigenvalue weighted by molar-refractivity contribution is -0.187. The van der Waals surface area contributed by atoms with Crippen molar-refractivity contribution in [1.82, 2.24) is 5.32 Å². The van der Waals surface area contributed by atoms with E-state index in [4.69, 9.17) is 16.1 Å². The Balaban J connectivity index is 2.17. The standard InChI is InChI=1S/C18H17ClNO4P/c1-11(2)20-18(21)13-8-14-15(12-6-4-3-5-7-12)10-25(22,23)24-17(14)16(19)9-13/h3-11H,1-2H3,(H,20,21)(H,22,23)/p-1. The first kappa shape index (κ1) is 17.7. The third-order valence-corrected chi connectivity index (χ3v) is 4.90. The lowest BCUT2D eigenvalue weighted by Gasteiger charge is -2.30. The van der Waals surface area contributed by atoms with E-state index in [9.17, 15) is 14.3 Å². The van der Waals surface area contributed by atoms with Crippen LogP contribution in [0.1, 0.15) is 35.3 Å². The second-order valence-electron chi connectivity index (χ2n) is 6.00. The Morgan fingerprint density at radius 2 is 1.92 bits per heavy atom. The van der Waals surface area contributed by atoms with Gasteiger partial charge in [-0.2, -0.15) is 0 Å². The first-order valence-electron chi connectivity index (χ1n) is 7.70. The molecule has 0 fully saturated rings. The number of halogens is 1. The van der Waals surface area contributed by atoms with E-state index in [0.29, 0.717) is 22.3 Å². The van der Waals surface area contributed by atoms with Crippen LogP contribution in [-0.2, 0) is 4.57 Å². The molecule has 1 unspecified atom stereocenters. The molecule has 0 aromatic heterocycles. The van der Waals surface area contributed by atoms with Gasteiger partial charge < -0.3 is 14.7 Å². The summed E-state index contributed by atoms with van der Waals surface area (Å²) < 4.78 is 17.2. The molecule has 1 aliphatic rings. The predicted octanol–water partition coefficient (Wildman–Crippen LogP) is 3.81. The fourth-order valence-corrected chi connectivity index (χ4v) is 4.01. The molecule has 1 heterocycles. The number of carbonyl (C=O) groups is 1. The van der Waals surface area contributed by atoms with Crippen molar-refractivity contribution in [2.75, 3.05) is 0 Å². The highest BCUT2D eigenvalue weighted by Crippen LogP contribution is 2.53. The summed E-state index contributed by atoms with van der Waals surface area (Å²) in [5.41, 5.74) is 1.95. The molecule has 130 valence electrons. The van der Waals surface area contributed by atoms with Crippen LogP contribution in [0.25, 0.3) is 5.57 Å². The van der Waals surface area contributed by atoms with Gasteiger partial charge in [-0.3, -0.25) is 9.36 Å². The normalized spacial score (nSPS) is 19.0. The van der Waals surface area contributed by atoms with Crippen molar-refractivity contribution in [3.8, 4) is 5.75 Å². The van der Waals surface area contributed by atoms with Gasteiger partial charge >= 0.3 is 0 Å². The van der Waals surface area contributed by atoms with Crippen molar-refractivity contribution in [2.45, 2.75) is 19.9 Å². The second kappa shape index (κ2) is 6.68. The SMILES string of the molecule is CC(C)NC(=O)c1cc(Cl)c2c(c1)C(c1ccccc1)=CP(=O)([O-])O2. The Morgan fingerprint density at radius 1 is 1.24 bits per heavy atom. The minimum atomic E-state index is -4.23. The average Bonchev–Trinajstić information content (AvgIpc) is 2.54. The molecule has 25 heavy (non-hydrogen) atoms. The molecule has 0 bridgehead atoms. The van der Waals surface area contributed by atoms with E-state index in [1.807, 2.05) is 19.9 Å². The number of hydrogen-bond donors (Lipinski definition) is 1. The van der Waals surface area contributed by atoms with Gasteiger partial charge in [-0.15, -0.1) is 0 Å². The summed E-state index contributed by atoms with van der Waals surface area (Å²) in [6.45, 7) is 3.70. The molecule has 1 aliphatic heterocycles. The molecular formula is C18H16ClNO4P-. The van der Waals surface area contributed by atoms with Gasteiger partial charge in [0.25, 0.3) is 5.91 Å². The summed E-state index contributed by atoms with van der Waals surface area (Å²) in [6, 6.07) is 12.0. The van der Waals surface area contributed by atoms with Crippen LogP contribution in [0.3, 0.4) is 0 Å². The summed E-state index contributed by atoms with van der Waals surface area (Å²) in [5.74, 6) is 0.830. The Morgan fingerprint density at radius 3 is 2.56 bits per heavy atom. The molecule has 0 spiro atoms. The third-order valence-electron chi connectivity index (χ3n) is 3.61. The van der Waals surface area contributed by atoms with Gasteiger partial charge in [0.05, 0.1) is 5.02 Å². The van der Waals surface area contributed by atoms with Crippen molar-refractivity contribution < 1.29 is 18.8 Å². The second-order valence-corrected chi connectivity index (χ2v) is 7.93. The van der Waals surface area contributed by atoms with Gasteiger partial charge in [-0.1, -0.05) is 41.9 Å². The van der Waals surface area contributed by atoms with Gasteiger partial charge in [-0.05, 0) is 37.1 Å². The van der Waals surface area contributed by atoms with Crippen molar-refractivity contribution >= 4 is 30.7 Å². The Labute approximate surface area is 150 Å². The minimum absolute atomic E-state index is 0.0375. The molecule has 0 radical (unpaired) electrons. The maximum absolute atomic E-state index is 12.3. The first-order valence-corrected chi connectivity index (χ1v) is 9.69. The van der Waals surface area contributed by atoms with Crippen LogP contribution in [0.5, 0.6) is 5.75 Å². The van der Waals surface area contributed by atoms with Gasteiger partial charge in [-0.25, -0.2) is 0 Å². The molecule has 1 atom stereocenters. The zero-order valence-corrected chi connectivity index (χ0v) is 15.3. The van der Waals surface area contributed by atoms with E-state index in [2.05, 4.69) is 5.32 Å². The van der Waals surface area contributed by atoms with Crippen LogP contribution in [0.4, 0.5) is 0 Å². The molecule has 0 saturated heterocycles. The fraction of sp³-hybridized carbons (Fsp3) is 0.167. The van der Waals surface area contributed by atoms with Crippen LogP contribution < -0.4 is 14.7 Å². The van der Waals surface area contributed by atoms with Gasteiger partial charge in [0.1, 0.15) is 0 Å². The van der Waals surface area contributed by atoms with Crippen LogP contribution in [0.2, 0.25) is 5.02 Å². The van der Waals surface area contributed by atoms with E-state index in [1.165, 1.54) is 6.07 Å². The summed E-state index contributed by atoms with van der Waals surface area (Å²) in [6.07, 6.45) is 0. The molecule has 3 rings (SSSR count). The molecule has 0 aliphatic carbocycles. The number of fused-ring (bicyclic) bond motifs is 1. The van der Waals surface area contributed by atoms with Gasteiger partial charge in [0, 0.05) is 23.0 Å². The fourth-order valence-electron chi connectivity index (χ4n) is 2.59. The van der Waals surface area contributed by atoms with E-state index in [0.717, 1.165) is 5.82 Å². The number of amides is 1. The van der Waals surface area contributed by atoms with Crippen molar-refractivity contribution in [3.05, 3.63) is 70.0 Å². The van der Waals surface area contributed by atoms with Crippen molar-refractivity contribution in [1.29, 1.82) is 0 Å². The van der Waals surface area contributed by atoms with Crippen LogP contribution in [0.15, 0.2) is 48.3 Å². The molecule has 2 aromatic rings. The number of benzene rings is 2. The van der Waals surface area contributed by atoms with Gasteiger partial charge in [0.15, 0.2) is 5.75 Å². The van der Waals surface area contributed by atoms with Crippen LogP contribution in [0, 0.1) is 0 Å². The third kappa shape index (κ3) is 3.79. The molecule has 5 nitrogen and oxygen atoms in total. The zero-order chi connectivity index (χ0) is 18.2. The molecule has 2 aromatic carbocycles. The Bertz CT molecular complexity index is 909. The molecule has 1 amide bonds. The summed E-state index contributed by atoms with van der Waals surface area (Å²) in [4.78, 5) is 24.4. The summed E-state index contributed by atoms with van der Waals surface area (Å²) >= 11 is 6.22. The average molecular weight is 377 g/mol. The number of carbonyl (C=O) groups excluding carboxylic acids is 1. The predicted molar refractivity (Wildman–Crippen MR) is 95.8 cm³/mol. The smallest absolute Gasteiger partial charge is 0.251 e. The van der Waals surface area contributed by atoms with Crippen molar-refractivity contribution in [3.63, 3.8) is 0 Å². The van der Waals surface area contributed by atoms with Gasteiger partial charge in [0.2, 0.25) is 7.60 Å². The summed E-state index contributed by atoms with van der Waals surface area (Å²) in [5, 5.41) is 2.86. The minimum Gasteiger partial charge on any atom is -0.766 e. The lowest BCUT2D eigenvalue weighted by Crippen LogP contribution is -2.30. The maximum atomic E-state index is 12.3. The molecule has 1 N–H and O–H groups in total. The van der Waals surface area contributed by atoms with Crippen LogP contribution in [-0.4, -0.2) is 11.9 Å². The highest BCUT2D eigenvalue weighted by Gasteiger charge is 2.26. The van der Waals surface area contributed by atoms with E-state index < -0.39 is 7.60 Å². The number of rotatable bonds is 3. The first-order chi connectivity index (χ1) is 11.8. The van der Waals surface area contributed by atoms with E-state index in [1.54, 1.807) is 30.3 Å². The maximum Gasteiger partial charge on any atom is 0.251 e.